The standard InChI is InChI=1S/C24H24Cl2F3N3O3/c1-22(2,23(3,4)35-19(33)12-25)30-21(34)20-15-8-6-14(11-18(15)32(5)31-20)13-7-9-16(17(26)10-13)24(27,28)29/h6-11H,12H2,1-5H3,(H,30,34). The number of benzene rings is 2. The lowest BCUT2D eigenvalue weighted by atomic mass is 9.85. The van der Waals surface area contributed by atoms with Gasteiger partial charge in [-0.1, -0.05) is 23.7 Å². The number of hydrogen-bond donors (Lipinski definition) is 1. The number of aryl methyl sites for hydroxylation is 1. The van der Waals surface area contributed by atoms with Crippen molar-refractivity contribution < 1.29 is 27.5 Å². The maximum Gasteiger partial charge on any atom is 0.417 e. The number of nitrogens with one attached hydrogen (secondary N) is 1. The number of nitrogens with zero attached hydrogens (tertiary/aromatic N) is 2. The van der Waals surface area contributed by atoms with E-state index < -0.39 is 39.8 Å². The highest BCUT2D eigenvalue weighted by molar-refractivity contribution is 6.31. The van der Waals surface area contributed by atoms with Crippen LogP contribution in [0.1, 0.15) is 43.7 Å². The molecule has 0 saturated carbocycles. The van der Waals surface area contributed by atoms with E-state index in [0.29, 0.717) is 22.0 Å². The summed E-state index contributed by atoms with van der Waals surface area (Å²) in [4.78, 5) is 24.8. The summed E-state index contributed by atoms with van der Waals surface area (Å²) in [5.74, 6) is -1.41. The van der Waals surface area contributed by atoms with E-state index in [-0.39, 0.29) is 11.6 Å². The minimum Gasteiger partial charge on any atom is -0.456 e. The number of aromatic nitrogens is 2. The second kappa shape index (κ2) is 9.35. The van der Waals surface area contributed by atoms with E-state index in [0.717, 1.165) is 6.07 Å². The Labute approximate surface area is 210 Å². The van der Waals surface area contributed by atoms with Crippen molar-refractivity contribution in [1.29, 1.82) is 0 Å². The zero-order chi connectivity index (χ0) is 26.3. The number of carbonyl (C=O) groups is 2. The molecule has 0 saturated heterocycles. The van der Waals surface area contributed by atoms with Gasteiger partial charge in [0.25, 0.3) is 5.91 Å². The van der Waals surface area contributed by atoms with Crippen molar-refractivity contribution >= 4 is 46.0 Å². The van der Waals surface area contributed by atoms with Gasteiger partial charge >= 0.3 is 12.1 Å². The highest BCUT2D eigenvalue weighted by atomic mass is 35.5. The first-order chi connectivity index (χ1) is 16.1. The predicted octanol–water partition coefficient (Wildman–Crippen LogP) is 5.98. The van der Waals surface area contributed by atoms with Gasteiger partial charge in [-0.15, -0.1) is 11.6 Å². The first-order valence-electron chi connectivity index (χ1n) is 10.5. The molecule has 0 atom stereocenters. The van der Waals surface area contributed by atoms with E-state index in [9.17, 15) is 22.8 Å². The highest BCUT2D eigenvalue weighted by Gasteiger charge is 2.42. The summed E-state index contributed by atoms with van der Waals surface area (Å²) >= 11 is 11.4. The van der Waals surface area contributed by atoms with Gasteiger partial charge in [-0.3, -0.25) is 14.3 Å². The Morgan fingerprint density at radius 1 is 1.06 bits per heavy atom. The van der Waals surface area contributed by atoms with Crippen molar-refractivity contribution in [3.05, 3.63) is 52.7 Å². The molecule has 0 unspecified atom stereocenters. The summed E-state index contributed by atoms with van der Waals surface area (Å²) in [7, 11) is 1.65. The van der Waals surface area contributed by atoms with E-state index >= 15 is 0 Å². The van der Waals surface area contributed by atoms with Gasteiger partial charge in [-0.25, -0.2) is 0 Å². The van der Waals surface area contributed by atoms with E-state index in [4.69, 9.17) is 27.9 Å². The Hall–Kier alpha value is -2.78. The Kier molecular flexibility index (Phi) is 7.16. The number of fused-ring (bicyclic) bond motifs is 1. The number of esters is 1. The molecule has 0 spiro atoms. The van der Waals surface area contributed by atoms with Crippen LogP contribution in [-0.4, -0.2) is 38.7 Å². The van der Waals surface area contributed by atoms with E-state index in [1.165, 1.54) is 16.8 Å². The van der Waals surface area contributed by atoms with Crippen LogP contribution in [0.4, 0.5) is 13.2 Å². The average molecular weight is 530 g/mol. The van der Waals surface area contributed by atoms with Crippen LogP contribution in [-0.2, 0) is 22.8 Å². The van der Waals surface area contributed by atoms with Gasteiger partial charge in [0.1, 0.15) is 11.5 Å². The number of rotatable bonds is 6. The van der Waals surface area contributed by atoms with Crippen molar-refractivity contribution in [2.24, 2.45) is 7.05 Å². The van der Waals surface area contributed by atoms with Crippen molar-refractivity contribution in [2.75, 3.05) is 5.88 Å². The molecule has 1 amide bonds. The second-order valence-corrected chi connectivity index (χ2v) is 9.77. The maximum atomic E-state index is 13.1. The first kappa shape index (κ1) is 26.8. The number of amides is 1. The lowest BCUT2D eigenvalue weighted by molar-refractivity contribution is -0.160. The molecular weight excluding hydrogens is 506 g/mol. The molecule has 3 rings (SSSR count). The number of halogens is 5. The summed E-state index contributed by atoms with van der Waals surface area (Å²) < 4.78 is 46.0. The Bertz CT molecular complexity index is 1300. The Morgan fingerprint density at radius 3 is 2.23 bits per heavy atom. The maximum absolute atomic E-state index is 13.1. The normalized spacial score (nSPS) is 12.6. The third-order valence-electron chi connectivity index (χ3n) is 6.08. The molecular formula is C24H24Cl2F3N3O3. The van der Waals surface area contributed by atoms with Gasteiger partial charge in [0, 0.05) is 12.4 Å². The van der Waals surface area contributed by atoms with Crippen LogP contribution in [0.3, 0.4) is 0 Å². The molecule has 6 nitrogen and oxygen atoms in total. The molecule has 0 radical (unpaired) electrons. The molecule has 3 aromatic rings. The molecule has 0 aliphatic rings. The van der Waals surface area contributed by atoms with Crippen LogP contribution in [0.25, 0.3) is 22.0 Å². The summed E-state index contributed by atoms with van der Waals surface area (Å²) in [6, 6.07) is 8.59. The van der Waals surface area contributed by atoms with E-state index in [1.807, 2.05) is 0 Å². The number of carbonyl (C=O) groups excluding carboxylic acids is 2. The monoisotopic (exact) mass is 529 g/mol. The Balaban J connectivity index is 1.93. The van der Waals surface area contributed by atoms with E-state index in [2.05, 4.69) is 10.4 Å². The van der Waals surface area contributed by atoms with Gasteiger partial charge in [0.15, 0.2) is 5.69 Å². The number of ether oxygens (including phenoxy) is 1. The average Bonchev–Trinajstić information content (AvgIpc) is 3.08. The number of alkyl halides is 4. The molecule has 1 N–H and O–H groups in total. The molecule has 0 aliphatic carbocycles. The van der Waals surface area contributed by atoms with Crippen LogP contribution < -0.4 is 5.32 Å². The lowest BCUT2D eigenvalue weighted by Gasteiger charge is -2.41. The molecule has 1 heterocycles. The van der Waals surface area contributed by atoms with Gasteiger partial charge in [-0.05, 0) is 63.1 Å². The molecule has 35 heavy (non-hydrogen) atoms. The third-order valence-corrected chi connectivity index (χ3v) is 6.61. The summed E-state index contributed by atoms with van der Waals surface area (Å²) in [6.07, 6.45) is -4.55. The smallest absolute Gasteiger partial charge is 0.417 e. The van der Waals surface area contributed by atoms with Crippen LogP contribution in [0.5, 0.6) is 0 Å². The molecule has 0 bridgehead atoms. The van der Waals surface area contributed by atoms with E-state index in [1.54, 1.807) is 52.9 Å². The topological polar surface area (TPSA) is 73.2 Å². The summed E-state index contributed by atoms with van der Waals surface area (Å²) in [6.45, 7) is 6.75. The summed E-state index contributed by atoms with van der Waals surface area (Å²) in [5, 5.41) is 7.33. The zero-order valence-electron chi connectivity index (χ0n) is 19.7. The van der Waals surface area contributed by atoms with Crippen molar-refractivity contribution in [2.45, 2.75) is 45.0 Å². The SMILES string of the molecule is Cn1nc(C(=O)NC(C)(C)C(C)(C)OC(=O)CCl)c2ccc(-c3ccc(C(F)(F)F)c(Cl)c3)cc21. The molecule has 0 fully saturated rings. The van der Waals surface area contributed by atoms with Crippen molar-refractivity contribution in [1.82, 2.24) is 15.1 Å². The quantitative estimate of drug-likeness (QED) is 0.314. The minimum atomic E-state index is -4.55. The molecule has 11 heteroatoms. The molecule has 2 aromatic carbocycles. The van der Waals surface area contributed by atoms with Crippen LogP contribution in [0.2, 0.25) is 5.02 Å². The van der Waals surface area contributed by atoms with Crippen molar-refractivity contribution in [3.63, 3.8) is 0 Å². The predicted molar refractivity (Wildman–Crippen MR) is 129 cm³/mol. The lowest BCUT2D eigenvalue weighted by Crippen LogP contribution is -2.59. The van der Waals surface area contributed by atoms with Gasteiger partial charge in [0.2, 0.25) is 0 Å². The molecule has 188 valence electrons. The van der Waals surface area contributed by atoms with Crippen LogP contribution >= 0.6 is 23.2 Å². The minimum absolute atomic E-state index is 0.145. The summed E-state index contributed by atoms with van der Waals surface area (Å²) in [5.41, 5.74) is -1.13. The van der Waals surface area contributed by atoms with Crippen molar-refractivity contribution in [3.8, 4) is 11.1 Å². The fourth-order valence-electron chi connectivity index (χ4n) is 3.46. The molecule has 0 aliphatic heterocycles. The van der Waals surface area contributed by atoms with Gasteiger partial charge < -0.3 is 10.1 Å². The fraction of sp³-hybridized carbons (Fsp3) is 0.375. The fourth-order valence-corrected chi connectivity index (χ4v) is 3.80. The second-order valence-electron chi connectivity index (χ2n) is 9.09. The molecule has 1 aromatic heterocycles. The largest absolute Gasteiger partial charge is 0.456 e. The number of hydrogen-bond acceptors (Lipinski definition) is 4. The van der Waals surface area contributed by atoms with Crippen LogP contribution in [0, 0.1) is 0 Å². The first-order valence-corrected chi connectivity index (χ1v) is 11.4. The zero-order valence-corrected chi connectivity index (χ0v) is 21.2. The van der Waals surface area contributed by atoms with Gasteiger partial charge in [-0.2, -0.15) is 18.3 Å². The van der Waals surface area contributed by atoms with Crippen LogP contribution in [0.15, 0.2) is 36.4 Å². The Morgan fingerprint density at radius 2 is 1.66 bits per heavy atom. The highest BCUT2D eigenvalue weighted by Crippen LogP contribution is 2.37. The third kappa shape index (κ3) is 5.41. The van der Waals surface area contributed by atoms with Gasteiger partial charge in [0.05, 0.1) is 21.6 Å².